The molecule has 100 valence electrons. The number of amides is 1. The summed E-state index contributed by atoms with van der Waals surface area (Å²) in [5.74, 6) is -0.0972. The molecule has 0 unspecified atom stereocenters. The van der Waals surface area contributed by atoms with Crippen molar-refractivity contribution in [1.82, 2.24) is 15.3 Å². The van der Waals surface area contributed by atoms with Crippen LogP contribution in [-0.4, -0.2) is 29.5 Å². The molecule has 2 N–H and O–H groups in total. The van der Waals surface area contributed by atoms with Gasteiger partial charge in [-0.05, 0) is 13.0 Å². The molecule has 2 heterocycles. The van der Waals surface area contributed by atoms with E-state index in [4.69, 9.17) is 0 Å². The second kappa shape index (κ2) is 6.29. The lowest BCUT2D eigenvalue weighted by molar-refractivity contribution is 0.0955. The molecule has 2 rings (SSSR count). The molecule has 0 bridgehead atoms. The van der Waals surface area contributed by atoms with Gasteiger partial charge in [0.05, 0.1) is 22.5 Å². The van der Waals surface area contributed by atoms with Gasteiger partial charge in [0.15, 0.2) is 0 Å². The zero-order valence-electron chi connectivity index (χ0n) is 10.9. The van der Waals surface area contributed by atoms with Crippen molar-refractivity contribution in [2.45, 2.75) is 13.3 Å². The molecule has 1 amide bonds. The van der Waals surface area contributed by atoms with Gasteiger partial charge in [-0.2, -0.15) is 0 Å². The van der Waals surface area contributed by atoms with Crippen LogP contribution in [0, 0.1) is 6.92 Å². The van der Waals surface area contributed by atoms with E-state index in [2.05, 4.69) is 20.6 Å². The van der Waals surface area contributed by atoms with Crippen LogP contribution in [0.4, 0.5) is 5.69 Å². The molecule has 0 fully saturated rings. The van der Waals surface area contributed by atoms with Gasteiger partial charge in [-0.25, -0.2) is 4.98 Å². The minimum Gasteiger partial charge on any atom is -0.386 e. The number of carbonyl (C=O) groups excluding carboxylic acids is 1. The summed E-state index contributed by atoms with van der Waals surface area (Å²) >= 11 is 1.62. The second-order valence-corrected chi connectivity index (χ2v) is 5.00. The Balaban J connectivity index is 1.90. The van der Waals surface area contributed by atoms with Crippen molar-refractivity contribution in [3.63, 3.8) is 0 Å². The highest BCUT2D eigenvalue weighted by molar-refractivity contribution is 7.09. The molecule has 0 aliphatic carbocycles. The molecule has 2 aromatic heterocycles. The summed E-state index contributed by atoms with van der Waals surface area (Å²) in [6.45, 7) is 2.55. The van der Waals surface area contributed by atoms with E-state index in [9.17, 15) is 4.79 Å². The summed E-state index contributed by atoms with van der Waals surface area (Å²) in [5.41, 5.74) is 2.36. The van der Waals surface area contributed by atoms with E-state index >= 15 is 0 Å². The lowest BCUT2D eigenvalue weighted by atomic mass is 10.2. The largest absolute Gasteiger partial charge is 0.386 e. The summed E-state index contributed by atoms with van der Waals surface area (Å²) in [6, 6.07) is 1.70. The number of hydrogen-bond donors (Lipinski definition) is 2. The number of aryl methyl sites for hydroxylation is 1. The lowest BCUT2D eigenvalue weighted by Crippen LogP contribution is -2.26. The summed E-state index contributed by atoms with van der Waals surface area (Å²) in [4.78, 5) is 20.4. The van der Waals surface area contributed by atoms with Crippen LogP contribution in [0.2, 0.25) is 0 Å². The number of hydrogen-bond acceptors (Lipinski definition) is 5. The lowest BCUT2D eigenvalue weighted by Gasteiger charge is -2.08. The monoisotopic (exact) mass is 276 g/mol. The van der Waals surface area contributed by atoms with E-state index in [1.807, 2.05) is 12.3 Å². The molecule has 0 aliphatic heterocycles. The minimum absolute atomic E-state index is 0.0972. The molecule has 5 nitrogen and oxygen atoms in total. The van der Waals surface area contributed by atoms with Crippen molar-refractivity contribution in [2.75, 3.05) is 18.9 Å². The van der Waals surface area contributed by atoms with Crippen molar-refractivity contribution in [1.29, 1.82) is 0 Å². The molecular formula is C13H16N4OS. The fourth-order valence-corrected chi connectivity index (χ4v) is 2.46. The van der Waals surface area contributed by atoms with E-state index in [0.717, 1.165) is 22.8 Å². The number of carbonyl (C=O) groups is 1. The van der Waals surface area contributed by atoms with Gasteiger partial charge in [-0.3, -0.25) is 9.78 Å². The highest BCUT2D eigenvalue weighted by Gasteiger charge is 2.10. The molecule has 19 heavy (non-hydrogen) atoms. The first kappa shape index (κ1) is 13.5. The molecule has 0 aliphatic rings. The van der Waals surface area contributed by atoms with Gasteiger partial charge in [0.1, 0.15) is 0 Å². The SMILES string of the molecule is CNc1cnccc1C(=O)NCCc1nc(C)cs1. The van der Waals surface area contributed by atoms with Crippen LogP contribution in [0.25, 0.3) is 0 Å². The Kier molecular flexibility index (Phi) is 4.46. The van der Waals surface area contributed by atoms with E-state index < -0.39 is 0 Å². The van der Waals surface area contributed by atoms with Crippen LogP contribution >= 0.6 is 11.3 Å². The Morgan fingerprint density at radius 1 is 1.47 bits per heavy atom. The van der Waals surface area contributed by atoms with Gasteiger partial charge in [0.25, 0.3) is 5.91 Å². The number of thiazole rings is 1. The van der Waals surface area contributed by atoms with Crippen LogP contribution in [0.3, 0.4) is 0 Å². The smallest absolute Gasteiger partial charge is 0.253 e. The third-order valence-electron chi connectivity index (χ3n) is 2.63. The first-order valence-electron chi connectivity index (χ1n) is 6.01. The van der Waals surface area contributed by atoms with Crippen LogP contribution < -0.4 is 10.6 Å². The summed E-state index contributed by atoms with van der Waals surface area (Å²) in [5, 5.41) is 8.90. The van der Waals surface area contributed by atoms with Crippen molar-refractivity contribution >= 4 is 22.9 Å². The first-order valence-corrected chi connectivity index (χ1v) is 6.89. The first-order chi connectivity index (χ1) is 9.20. The third kappa shape index (κ3) is 3.51. The Morgan fingerprint density at radius 3 is 3.00 bits per heavy atom. The highest BCUT2D eigenvalue weighted by atomic mass is 32.1. The summed E-state index contributed by atoms with van der Waals surface area (Å²) in [6.07, 6.45) is 4.00. The third-order valence-corrected chi connectivity index (χ3v) is 3.65. The second-order valence-electron chi connectivity index (χ2n) is 4.06. The maximum absolute atomic E-state index is 12.0. The molecule has 0 atom stereocenters. The van der Waals surface area contributed by atoms with Crippen LogP contribution in [0.5, 0.6) is 0 Å². The van der Waals surface area contributed by atoms with E-state index in [-0.39, 0.29) is 5.91 Å². The molecular weight excluding hydrogens is 260 g/mol. The highest BCUT2D eigenvalue weighted by Crippen LogP contribution is 2.12. The maximum atomic E-state index is 12.0. The van der Waals surface area contributed by atoms with E-state index in [0.29, 0.717) is 12.1 Å². The Hall–Kier alpha value is -1.95. The van der Waals surface area contributed by atoms with Gasteiger partial charge >= 0.3 is 0 Å². The van der Waals surface area contributed by atoms with Crippen molar-refractivity contribution in [2.24, 2.45) is 0 Å². The fraction of sp³-hybridized carbons (Fsp3) is 0.308. The number of nitrogens with zero attached hydrogens (tertiary/aromatic N) is 2. The van der Waals surface area contributed by atoms with Gasteiger partial charge in [0.2, 0.25) is 0 Å². The number of nitrogens with one attached hydrogen (secondary N) is 2. The minimum atomic E-state index is -0.0972. The number of aromatic nitrogens is 2. The van der Waals surface area contributed by atoms with Gasteiger partial charge < -0.3 is 10.6 Å². The zero-order chi connectivity index (χ0) is 13.7. The number of pyridine rings is 1. The van der Waals surface area contributed by atoms with E-state index in [1.54, 1.807) is 36.8 Å². The van der Waals surface area contributed by atoms with E-state index in [1.165, 1.54) is 0 Å². The standard InChI is InChI=1S/C13H16N4OS/c1-9-8-19-12(17-9)4-6-16-13(18)10-3-5-15-7-11(10)14-2/h3,5,7-8,14H,4,6H2,1-2H3,(H,16,18). The Labute approximate surface area is 116 Å². The summed E-state index contributed by atoms with van der Waals surface area (Å²) < 4.78 is 0. The molecule has 0 saturated carbocycles. The van der Waals surface area contributed by atoms with Crippen LogP contribution in [0.15, 0.2) is 23.8 Å². The van der Waals surface area contributed by atoms with Crippen molar-refractivity contribution < 1.29 is 4.79 Å². The normalized spacial score (nSPS) is 10.2. The molecule has 0 saturated heterocycles. The number of anilines is 1. The predicted octanol–water partition coefficient (Wildman–Crippen LogP) is 1.86. The summed E-state index contributed by atoms with van der Waals surface area (Å²) in [7, 11) is 1.77. The predicted molar refractivity (Wildman–Crippen MR) is 76.7 cm³/mol. The van der Waals surface area contributed by atoms with Crippen molar-refractivity contribution in [3.05, 3.63) is 40.1 Å². The molecule has 0 spiro atoms. The number of rotatable bonds is 5. The zero-order valence-corrected chi connectivity index (χ0v) is 11.8. The Bertz CT molecular complexity index is 567. The Morgan fingerprint density at radius 2 is 2.32 bits per heavy atom. The van der Waals surface area contributed by atoms with Gasteiger partial charge in [0, 0.05) is 37.3 Å². The average molecular weight is 276 g/mol. The topological polar surface area (TPSA) is 66.9 Å². The quantitative estimate of drug-likeness (QED) is 0.874. The molecule has 0 aromatic carbocycles. The molecule has 2 aromatic rings. The van der Waals surface area contributed by atoms with Gasteiger partial charge in [-0.1, -0.05) is 0 Å². The molecule has 6 heteroatoms. The van der Waals surface area contributed by atoms with Crippen LogP contribution in [0.1, 0.15) is 21.1 Å². The molecule has 0 radical (unpaired) electrons. The maximum Gasteiger partial charge on any atom is 0.253 e. The average Bonchev–Trinajstić information content (AvgIpc) is 2.84. The van der Waals surface area contributed by atoms with Gasteiger partial charge in [-0.15, -0.1) is 11.3 Å². The van der Waals surface area contributed by atoms with Crippen molar-refractivity contribution in [3.8, 4) is 0 Å². The van der Waals surface area contributed by atoms with Crippen LogP contribution in [-0.2, 0) is 6.42 Å². The fourth-order valence-electron chi connectivity index (χ4n) is 1.69.